The Labute approximate surface area is 99.6 Å². The maximum Gasteiger partial charge on any atom is 0.242 e. The van der Waals surface area contributed by atoms with Gasteiger partial charge in [-0.05, 0) is 39.7 Å². The largest absolute Gasteiger partial charge is 0.344 e. The van der Waals surface area contributed by atoms with Crippen LogP contribution in [-0.4, -0.2) is 37.0 Å². The maximum absolute atomic E-state index is 12.1. The molecule has 1 N–H and O–H groups in total. The number of hydrogen-bond acceptors (Lipinski definition) is 2. The van der Waals surface area contributed by atoms with Crippen molar-refractivity contribution in [3.8, 4) is 0 Å². The second-order valence-electron chi connectivity index (χ2n) is 5.56. The summed E-state index contributed by atoms with van der Waals surface area (Å²) in [6.07, 6.45) is 6.62. The Morgan fingerprint density at radius 3 is 2.38 bits per heavy atom. The van der Waals surface area contributed by atoms with Crippen LogP contribution in [0.25, 0.3) is 0 Å². The SMILES string of the molecule is CNC(C)(C)C(=O)N(C)CC1CCCCC1. The van der Waals surface area contributed by atoms with Gasteiger partial charge in [0.15, 0.2) is 0 Å². The van der Waals surface area contributed by atoms with E-state index >= 15 is 0 Å². The van der Waals surface area contributed by atoms with Crippen LogP contribution in [-0.2, 0) is 4.79 Å². The molecule has 0 aromatic carbocycles. The lowest BCUT2D eigenvalue weighted by atomic mass is 9.88. The van der Waals surface area contributed by atoms with Crippen molar-refractivity contribution in [3.63, 3.8) is 0 Å². The highest BCUT2D eigenvalue weighted by Gasteiger charge is 2.29. The van der Waals surface area contributed by atoms with Gasteiger partial charge in [0.1, 0.15) is 0 Å². The molecule has 1 aliphatic rings. The van der Waals surface area contributed by atoms with E-state index < -0.39 is 5.54 Å². The smallest absolute Gasteiger partial charge is 0.242 e. The fraction of sp³-hybridized carbons (Fsp3) is 0.923. The zero-order valence-electron chi connectivity index (χ0n) is 11.2. The molecule has 1 rings (SSSR count). The number of rotatable bonds is 4. The fourth-order valence-corrected chi connectivity index (χ4v) is 2.42. The summed E-state index contributed by atoms with van der Waals surface area (Å²) in [6, 6.07) is 0. The molecular formula is C13H26N2O. The van der Waals surface area contributed by atoms with Gasteiger partial charge in [-0.25, -0.2) is 0 Å². The zero-order chi connectivity index (χ0) is 12.2. The molecule has 94 valence electrons. The second kappa shape index (κ2) is 5.67. The summed E-state index contributed by atoms with van der Waals surface area (Å²) >= 11 is 0. The Kier molecular flexibility index (Phi) is 4.78. The predicted octanol–water partition coefficient (Wildman–Crippen LogP) is 2.02. The van der Waals surface area contributed by atoms with E-state index in [0.717, 1.165) is 12.5 Å². The molecule has 0 radical (unpaired) electrons. The molecule has 1 aliphatic carbocycles. The van der Waals surface area contributed by atoms with Gasteiger partial charge in [0, 0.05) is 13.6 Å². The first kappa shape index (κ1) is 13.5. The van der Waals surface area contributed by atoms with E-state index in [1.165, 1.54) is 32.1 Å². The first-order chi connectivity index (χ1) is 7.47. The minimum Gasteiger partial charge on any atom is -0.344 e. The summed E-state index contributed by atoms with van der Waals surface area (Å²) in [4.78, 5) is 14.0. The Morgan fingerprint density at radius 1 is 1.31 bits per heavy atom. The van der Waals surface area contributed by atoms with Crippen molar-refractivity contribution in [3.05, 3.63) is 0 Å². The summed E-state index contributed by atoms with van der Waals surface area (Å²) in [7, 11) is 3.77. The minimum absolute atomic E-state index is 0.195. The van der Waals surface area contributed by atoms with Gasteiger partial charge in [-0.3, -0.25) is 4.79 Å². The van der Waals surface area contributed by atoms with Gasteiger partial charge in [0.2, 0.25) is 5.91 Å². The monoisotopic (exact) mass is 226 g/mol. The van der Waals surface area contributed by atoms with Crippen LogP contribution in [0.5, 0.6) is 0 Å². The number of likely N-dealkylation sites (N-methyl/N-ethyl adjacent to an activating group) is 2. The van der Waals surface area contributed by atoms with Gasteiger partial charge in [-0.2, -0.15) is 0 Å². The summed E-state index contributed by atoms with van der Waals surface area (Å²) in [5.41, 5.74) is -0.441. The first-order valence-electron chi connectivity index (χ1n) is 6.42. The van der Waals surface area contributed by atoms with Crippen LogP contribution < -0.4 is 5.32 Å². The van der Waals surface area contributed by atoms with E-state index in [2.05, 4.69) is 5.32 Å². The van der Waals surface area contributed by atoms with E-state index in [4.69, 9.17) is 0 Å². The topological polar surface area (TPSA) is 32.3 Å². The second-order valence-corrected chi connectivity index (χ2v) is 5.56. The van der Waals surface area contributed by atoms with Gasteiger partial charge in [0.25, 0.3) is 0 Å². The normalized spacial score (nSPS) is 18.5. The lowest BCUT2D eigenvalue weighted by molar-refractivity contribution is -0.136. The van der Waals surface area contributed by atoms with Crippen LogP contribution in [0, 0.1) is 5.92 Å². The Morgan fingerprint density at radius 2 is 1.88 bits per heavy atom. The number of carbonyl (C=O) groups excluding carboxylic acids is 1. The third kappa shape index (κ3) is 3.48. The zero-order valence-corrected chi connectivity index (χ0v) is 11.2. The lowest BCUT2D eigenvalue weighted by Gasteiger charge is -2.32. The van der Waals surface area contributed by atoms with Crippen molar-refractivity contribution < 1.29 is 4.79 Å². The molecule has 0 unspecified atom stereocenters. The van der Waals surface area contributed by atoms with Gasteiger partial charge in [0.05, 0.1) is 5.54 Å². The predicted molar refractivity (Wildman–Crippen MR) is 67.4 cm³/mol. The fourth-order valence-electron chi connectivity index (χ4n) is 2.42. The van der Waals surface area contributed by atoms with Crippen LogP contribution in [0.2, 0.25) is 0 Å². The standard InChI is InChI=1S/C13H26N2O/c1-13(2,14-3)12(16)15(4)10-11-8-6-5-7-9-11/h11,14H,5-10H2,1-4H3. The molecule has 1 fully saturated rings. The number of nitrogens with zero attached hydrogens (tertiary/aromatic N) is 1. The quantitative estimate of drug-likeness (QED) is 0.795. The van der Waals surface area contributed by atoms with Crippen LogP contribution in [0.15, 0.2) is 0 Å². The van der Waals surface area contributed by atoms with E-state index in [1.807, 2.05) is 32.8 Å². The van der Waals surface area contributed by atoms with Crippen LogP contribution in [0.3, 0.4) is 0 Å². The Bertz CT molecular complexity index is 232. The van der Waals surface area contributed by atoms with Gasteiger partial charge in [-0.1, -0.05) is 19.3 Å². The number of nitrogens with one attached hydrogen (secondary N) is 1. The molecule has 0 bridgehead atoms. The molecule has 1 amide bonds. The molecular weight excluding hydrogens is 200 g/mol. The summed E-state index contributed by atoms with van der Waals surface area (Å²) in [5, 5.41) is 3.07. The number of amides is 1. The molecule has 16 heavy (non-hydrogen) atoms. The van der Waals surface area contributed by atoms with E-state index in [1.54, 1.807) is 0 Å². The third-order valence-electron chi connectivity index (χ3n) is 3.76. The van der Waals surface area contributed by atoms with Crippen LogP contribution >= 0.6 is 0 Å². The molecule has 0 saturated heterocycles. The minimum atomic E-state index is -0.441. The van der Waals surface area contributed by atoms with Crippen molar-refractivity contribution in [1.82, 2.24) is 10.2 Å². The summed E-state index contributed by atoms with van der Waals surface area (Å²) in [6.45, 7) is 4.79. The van der Waals surface area contributed by atoms with Crippen LogP contribution in [0.1, 0.15) is 46.0 Å². The number of carbonyl (C=O) groups is 1. The average molecular weight is 226 g/mol. The highest BCUT2D eigenvalue weighted by atomic mass is 16.2. The highest BCUT2D eigenvalue weighted by molar-refractivity contribution is 5.85. The molecule has 1 saturated carbocycles. The molecule has 0 atom stereocenters. The first-order valence-corrected chi connectivity index (χ1v) is 6.42. The lowest BCUT2D eigenvalue weighted by Crippen LogP contribution is -2.52. The summed E-state index contributed by atoms with van der Waals surface area (Å²) in [5.74, 6) is 0.913. The van der Waals surface area contributed by atoms with Crippen molar-refractivity contribution >= 4 is 5.91 Å². The molecule has 0 aliphatic heterocycles. The highest BCUT2D eigenvalue weighted by Crippen LogP contribution is 2.24. The van der Waals surface area contributed by atoms with Gasteiger partial charge >= 0.3 is 0 Å². The van der Waals surface area contributed by atoms with Crippen molar-refractivity contribution in [2.45, 2.75) is 51.5 Å². The molecule has 0 aromatic rings. The molecule has 0 spiro atoms. The van der Waals surface area contributed by atoms with E-state index in [-0.39, 0.29) is 5.91 Å². The van der Waals surface area contributed by atoms with Crippen molar-refractivity contribution in [2.75, 3.05) is 20.6 Å². The van der Waals surface area contributed by atoms with Crippen molar-refractivity contribution in [2.24, 2.45) is 5.92 Å². The van der Waals surface area contributed by atoms with Crippen LogP contribution in [0.4, 0.5) is 0 Å². The Balaban J connectivity index is 2.44. The van der Waals surface area contributed by atoms with Crippen molar-refractivity contribution in [1.29, 1.82) is 0 Å². The summed E-state index contributed by atoms with van der Waals surface area (Å²) < 4.78 is 0. The number of hydrogen-bond donors (Lipinski definition) is 1. The van der Waals surface area contributed by atoms with Gasteiger partial charge < -0.3 is 10.2 Å². The third-order valence-corrected chi connectivity index (χ3v) is 3.76. The maximum atomic E-state index is 12.1. The van der Waals surface area contributed by atoms with Gasteiger partial charge in [-0.15, -0.1) is 0 Å². The Hall–Kier alpha value is -0.570. The molecule has 0 aromatic heterocycles. The van der Waals surface area contributed by atoms with E-state index in [0.29, 0.717) is 0 Å². The molecule has 3 heteroatoms. The molecule has 0 heterocycles. The molecule has 3 nitrogen and oxygen atoms in total. The van der Waals surface area contributed by atoms with E-state index in [9.17, 15) is 4.79 Å². The average Bonchev–Trinajstić information content (AvgIpc) is 2.29.